The van der Waals surface area contributed by atoms with Crippen LogP contribution in [-0.2, 0) is 0 Å². The highest BCUT2D eigenvalue weighted by Gasteiger charge is 2.29. The largest absolute Gasteiger partial charge is 0.365 e. The predicted octanol–water partition coefficient (Wildman–Crippen LogP) is 2.32. The van der Waals surface area contributed by atoms with Crippen molar-refractivity contribution >= 4 is 32.7 Å². The van der Waals surface area contributed by atoms with Crippen molar-refractivity contribution < 1.29 is 0 Å². The lowest BCUT2D eigenvalue weighted by Gasteiger charge is -2.24. The van der Waals surface area contributed by atoms with E-state index in [1.165, 1.54) is 12.8 Å². The molecule has 0 aromatic carbocycles. The lowest BCUT2D eigenvalue weighted by Crippen LogP contribution is -2.31. The fourth-order valence-electron chi connectivity index (χ4n) is 2.25. The molecule has 4 nitrogen and oxygen atoms in total. The lowest BCUT2D eigenvalue weighted by molar-refractivity contribution is 0.787. The molecule has 0 radical (unpaired) electrons. The van der Waals surface area contributed by atoms with Gasteiger partial charge in [0.05, 0.1) is 11.2 Å². The van der Waals surface area contributed by atoms with Gasteiger partial charge in [0.2, 0.25) is 0 Å². The van der Waals surface area contributed by atoms with Gasteiger partial charge in [-0.15, -0.1) is 0 Å². The SMILES string of the molecule is NCCN(c1ccnc2cc(Br)cnc12)C1CC1. The Hall–Kier alpha value is -1.20. The van der Waals surface area contributed by atoms with Crippen LogP contribution in [0.2, 0.25) is 0 Å². The van der Waals surface area contributed by atoms with E-state index in [0.29, 0.717) is 12.6 Å². The maximum absolute atomic E-state index is 5.72. The maximum Gasteiger partial charge on any atom is 0.112 e. The van der Waals surface area contributed by atoms with Crippen molar-refractivity contribution in [2.24, 2.45) is 5.73 Å². The molecular formula is C13H15BrN4. The van der Waals surface area contributed by atoms with E-state index in [1.807, 2.05) is 24.5 Å². The monoisotopic (exact) mass is 306 g/mol. The van der Waals surface area contributed by atoms with Crippen LogP contribution < -0.4 is 10.6 Å². The van der Waals surface area contributed by atoms with Crippen LogP contribution >= 0.6 is 15.9 Å². The molecule has 1 fully saturated rings. The summed E-state index contributed by atoms with van der Waals surface area (Å²) in [7, 11) is 0. The fourth-order valence-corrected chi connectivity index (χ4v) is 2.57. The number of nitrogens with two attached hydrogens (primary N) is 1. The summed E-state index contributed by atoms with van der Waals surface area (Å²) in [6.07, 6.45) is 6.17. The van der Waals surface area contributed by atoms with Crippen LogP contribution in [0.25, 0.3) is 11.0 Å². The minimum atomic E-state index is 0.629. The van der Waals surface area contributed by atoms with Crippen molar-refractivity contribution in [2.45, 2.75) is 18.9 Å². The topological polar surface area (TPSA) is 55.0 Å². The summed E-state index contributed by atoms with van der Waals surface area (Å²) in [6, 6.07) is 4.67. The number of hydrogen-bond donors (Lipinski definition) is 1. The third kappa shape index (κ3) is 2.20. The second-order valence-corrected chi connectivity index (χ2v) is 5.48. The maximum atomic E-state index is 5.72. The van der Waals surface area contributed by atoms with Crippen molar-refractivity contribution in [3.05, 3.63) is 29.0 Å². The van der Waals surface area contributed by atoms with Crippen molar-refractivity contribution in [3.8, 4) is 0 Å². The van der Waals surface area contributed by atoms with Crippen LogP contribution in [0.4, 0.5) is 5.69 Å². The van der Waals surface area contributed by atoms with Crippen LogP contribution in [-0.4, -0.2) is 29.1 Å². The summed E-state index contributed by atoms with van der Waals surface area (Å²) >= 11 is 3.43. The summed E-state index contributed by atoms with van der Waals surface area (Å²) < 4.78 is 0.955. The van der Waals surface area contributed by atoms with E-state index >= 15 is 0 Å². The summed E-state index contributed by atoms with van der Waals surface area (Å²) in [5.74, 6) is 0. The standard InChI is InChI=1S/C13H15BrN4/c14-9-7-11-13(17-8-9)12(3-5-16-11)18(6-4-15)10-1-2-10/h3,5,7-8,10H,1-2,4,6,15H2. The molecule has 0 saturated heterocycles. The number of pyridine rings is 2. The number of aromatic nitrogens is 2. The molecule has 94 valence electrons. The zero-order valence-electron chi connectivity index (χ0n) is 10.0. The van der Waals surface area contributed by atoms with E-state index in [4.69, 9.17) is 5.73 Å². The minimum Gasteiger partial charge on any atom is -0.365 e. The Balaban J connectivity index is 2.09. The molecule has 18 heavy (non-hydrogen) atoms. The Bertz CT molecular complexity index is 568. The summed E-state index contributed by atoms with van der Waals surface area (Å²) in [5, 5.41) is 0. The normalized spacial score (nSPS) is 15.0. The van der Waals surface area contributed by atoms with Gasteiger partial charge in [0.25, 0.3) is 0 Å². The highest BCUT2D eigenvalue weighted by Crippen LogP contribution is 2.34. The van der Waals surface area contributed by atoms with Gasteiger partial charge in [-0.2, -0.15) is 0 Å². The first kappa shape index (κ1) is 11.9. The molecule has 1 saturated carbocycles. The van der Waals surface area contributed by atoms with Gasteiger partial charge < -0.3 is 10.6 Å². The molecule has 2 heterocycles. The van der Waals surface area contributed by atoms with E-state index < -0.39 is 0 Å². The number of anilines is 1. The molecule has 1 aliphatic rings. The highest BCUT2D eigenvalue weighted by atomic mass is 79.9. The van der Waals surface area contributed by atoms with Crippen LogP contribution in [0.5, 0.6) is 0 Å². The highest BCUT2D eigenvalue weighted by molar-refractivity contribution is 9.10. The second-order valence-electron chi connectivity index (χ2n) is 4.56. The van der Waals surface area contributed by atoms with Gasteiger partial charge in [0.15, 0.2) is 0 Å². The molecule has 0 amide bonds. The minimum absolute atomic E-state index is 0.629. The molecule has 0 atom stereocenters. The quantitative estimate of drug-likeness (QED) is 0.942. The zero-order valence-corrected chi connectivity index (χ0v) is 11.6. The molecule has 2 N–H and O–H groups in total. The first-order valence-corrected chi connectivity index (χ1v) is 6.96. The Kier molecular flexibility index (Phi) is 3.18. The molecule has 0 spiro atoms. The zero-order chi connectivity index (χ0) is 12.5. The molecule has 2 aromatic rings. The van der Waals surface area contributed by atoms with Crippen molar-refractivity contribution in [2.75, 3.05) is 18.0 Å². The van der Waals surface area contributed by atoms with Crippen molar-refractivity contribution in [1.82, 2.24) is 9.97 Å². The van der Waals surface area contributed by atoms with Gasteiger partial charge in [-0.05, 0) is 40.9 Å². The van der Waals surface area contributed by atoms with Gasteiger partial charge in [0, 0.05) is 36.0 Å². The summed E-state index contributed by atoms with van der Waals surface area (Å²) in [6.45, 7) is 1.54. The lowest BCUT2D eigenvalue weighted by atomic mass is 10.2. The first-order chi connectivity index (χ1) is 8.79. The smallest absolute Gasteiger partial charge is 0.112 e. The molecule has 0 bridgehead atoms. The average molecular weight is 307 g/mol. The van der Waals surface area contributed by atoms with Gasteiger partial charge in [-0.3, -0.25) is 9.97 Å². The Morgan fingerprint density at radius 1 is 1.39 bits per heavy atom. The number of halogens is 1. The van der Waals surface area contributed by atoms with Crippen LogP contribution in [0.15, 0.2) is 29.0 Å². The van der Waals surface area contributed by atoms with Crippen LogP contribution in [0.3, 0.4) is 0 Å². The van der Waals surface area contributed by atoms with Crippen LogP contribution in [0, 0.1) is 0 Å². The van der Waals surface area contributed by atoms with E-state index in [2.05, 4.69) is 30.8 Å². The second kappa shape index (κ2) is 4.82. The molecule has 0 unspecified atom stereocenters. The third-order valence-corrected chi connectivity index (χ3v) is 3.62. The Morgan fingerprint density at radius 3 is 2.94 bits per heavy atom. The average Bonchev–Trinajstić information content (AvgIpc) is 3.19. The summed E-state index contributed by atoms with van der Waals surface area (Å²) in [5.41, 5.74) is 8.75. The van der Waals surface area contributed by atoms with E-state index in [-0.39, 0.29) is 0 Å². The van der Waals surface area contributed by atoms with Crippen molar-refractivity contribution in [3.63, 3.8) is 0 Å². The first-order valence-electron chi connectivity index (χ1n) is 6.16. The van der Waals surface area contributed by atoms with Gasteiger partial charge in [-0.1, -0.05) is 0 Å². The van der Waals surface area contributed by atoms with E-state index in [9.17, 15) is 0 Å². The van der Waals surface area contributed by atoms with Gasteiger partial charge >= 0.3 is 0 Å². The molecule has 2 aromatic heterocycles. The molecular weight excluding hydrogens is 292 g/mol. The predicted molar refractivity (Wildman–Crippen MR) is 76.7 cm³/mol. The fraction of sp³-hybridized carbons (Fsp3) is 0.385. The van der Waals surface area contributed by atoms with Gasteiger partial charge in [-0.25, -0.2) is 0 Å². The molecule has 0 aliphatic heterocycles. The molecule has 3 rings (SSSR count). The number of nitrogens with zero attached hydrogens (tertiary/aromatic N) is 3. The third-order valence-electron chi connectivity index (χ3n) is 3.19. The van der Waals surface area contributed by atoms with Crippen LogP contribution in [0.1, 0.15) is 12.8 Å². The summed E-state index contributed by atoms with van der Waals surface area (Å²) in [4.78, 5) is 11.2. The number of hydrogen-bond acceptors (Lipinski definition) is 4. The van der Waals surface area contributed by atoms with Gasteiger partial charge in [0.1, 0.15) is 5.52 Å². The Morgan fingerprint density at radius 2 is 2.22 bits per heavy atom. The van der Waals surface area contributed by atoms with Crippen molar-refractivity contribution in [1.29, 1.82) is 0 Å². The Labute approximate surface area is 114 Å². The van der Waals surface area contributed by atoms with E-state index in [0.717, 1.165) is 27.7 Å². The molecule has 5 heteroatoms. The molecule has 1 aliphatic carbocycles. The number of rotatable bonds is 4. The van der Waals surface area contributed by atoms with E-state index in [1.54, 1.807) is 0 Å². The number of fused-ring (bicyclic) bond motifs is 1.